The molecule has 1 unspecified atom stereocenters. The van der Waals surface area contributed by atoms with Gasteiger partial charge >= 0.3 is 0 Å². The van der Waals surface area contributed by atoms with E-state index in [1.807, 2.05) is 17.0 Å². The van der Waals surface area contributed by atoms with E-state index in [2.05, 4.69) is 30.2 Å². The van der Waals surface area contributed by atoms with Crippen LogP contribution < -0.4 is 10.2 Å². The quantitative estimate of drug-likeness (QED) is 0.697. The Labute approximate surface area is 161 Å². The van der Waals surface area contributed by atoms with Crippen LogP contribution in [0.25, 0.3) is 11.5 Å². The van der Waals surface area contributed by atoms with Crippen LogP contribution in [0, 0.1) is 5.82 Å². The Morgan fingerprint density at radius 1 is 1.21 bits per heavy atom. The van der Waals surface area contributed by atoms with Gasteiger partial charge in [-0.1, -0.05) is 6.07 Å². The van der Waals surface area contributed by atoms with Crippen molar-refractivity contribution in [2.24, 2.45) is 0 Å². The second-order valence-electron chi connectivity index (χ2n) is 6.41. The first-order valence-corrected chi connectivity index (χ1v) is 9.04. The molecule has 1 fully saturated rings. The molecule has 0 radical (unpaired) electrons. The second kappa shape index (κ2) is 8.22. The maximum atomic E-state index is 15.4. The number of aromatic nitrogens is 5. The van der Waals surface area contributed by atoms with Gasteiger partial charge in [-0.15, -0.1) is 0 Å². The zero-order valence-electron chi connectivity index (χ0n) is 15.4. The maximum Gasteiger partial charge on any atom is 0.208 e. The molecule has 3 aromatic rings. The number of halogens is 1. The Hall–Kier alpha value is -3.20. The number of ether oxygens (including phenoxy) is 1. The van der Waals surface area contributed by atoms with Gasteiger partial charge in [-0.05, 0) is 25.0 Å². The van der Waals surface area contributed by atoms with Gasteiger partial charge in [0.25, 0.3) is 0 Å². The minimum atomic E-state index is -0.534. The number of rotatable bonds is 6. The van der Waals surface area contributed by atoms with Gasteiger partial charge in [-0.25, -0.2) is 15.0 Å². The van der Waals surface area contributed by atoms with Crippen molar-refractivity contribution in [3.8, 4) is 11.5 Å². The van der Waals surface area contributed by atoms with E-state index in [4.69, 9.17) is 4.74 Å². The molecule has 1 aliphatic rings. The zero-order valence-corrected chi connectivity index (χ0v) is 15.4. The van der Waals surface area contributed by atoms with Gasteiger partial charge < -0.3 is 15.0 Å². The number of pyridine rings is 1. The average Bonchev–Trinajstić information content (AvgIpc) is 3.19. The van der Waals surface area contributed by atoms with Crippen LogP contribution in [0.2, 0.25) is 0 Å². The molecule has 0 aliphatic carbocycles. The molecule has 4 heterocycles. The molecule has 3 aromatic heterocycles. The van der Waals surface area contributed by atoms with Crippen molar-refractivity contribution in [3.05, 3.63) is 48.8 Å². The van der Waals surface area contributed by atoms with E-state index in [0.29, 0.717) is 30.5 Å². The van der Waals surface area contributed by atoms with E-state index in [1.54, 1.807) is 25.6 Å². The summed E-state index contributed by atoms with van der Waals surface area (Å²) in [6.45, 7) is 1.21. The molecule has 0 aromatic carbocycles. The minimum absolute atomic E-state index is 0.0363. The number of methoxy groups -OCH3 is 1. The third kappa shape index (κ3) is 3.74. The van der Waals surface area contributed by atoms with Crippen LogP contribution in [0.4, 0.5) is 21.8 Å². The van der Waals surface area contributed by atoms with Crippen LogP contribution in [0.5, 0.6) is 0 Å². The van der Waals surface area contributed by atoms with E-state index in [1.165, 1.54) is 12.4 Å². The summed E-state index contributed by atoms with van der Waals surface area (Å²) in [6.07, 6.45) is 8.10. The van der Waals surface area contributed by atoms with Crippen molar-refractivity contribution in [1.29, 1.82) is 0 Å². The summed E-state index contributed by atoms with van der Waals surface area (Å²) in [7, 11) is 1.65. The molecule has 144 valence electrons. The first-order chi connectivity index (χ1) is 13.8. The van der Waals surface area contributed by atoms with Crippen LogP contribution in [-0.2, 0) is 4.74 Å². The van der Waals surface area contributed by atoms with Crippen molar-refractivity contribution in [1.82, 2.24) is 24.9 Å². The van der Waals surface area contributed by atoms with Crippen LogP contribution in [0.1, 0.15) is 12.8 Å². The lowest BCUT2D eigenvalue weighted by molar-refractivity contribution is 0.180. The Kier molecular flexibility index (Phi) is 5.34. The molecule has 28 heavy (non-hydrogen) atoms. The summed E-state index contributed by atoms with van der Waals surface area (Å²) < 4.78 is 20.7. The highest BCUT2D eigenvalue weighted by molar-refractivity contribution is 5.64. The molecule has 0 spiro atoms. The van der Waals surface area contributed by atoms with Gasteiger partial charge in [-0.2, -0.15) is 4.39 Å². The number of nitrogens with one attached hydrogen (secondary N) is 1. The van der Waals surface area contributed by atoms with Crippen molar-refractivity contribution < 1.29 is 9.13 Å². The highest BCUT2D eigenvalue weighted by Gasteiger charge is 2.30. The molecule has 0 saturated carbocycles. The third-order valence-electron chi connectivity index (χ3n) is 4.55. The van der Waals surface area contributed by atoms with E-state index in [-0.39, 0.29) is 17.7 Å². The SMILES string of the molecule is COCC1CCCN1c1nc(-c2ccccn2)nc(Nc2cnccn2)c1F. The molecule has 9 heteroatoms. The van der Waals surface area contributed by atoms with E-state index in [0.717, 1.165) is 12.8 Å². The fraction of sp³-hybridized carbons (Fsp3) is 0.316. The molecule has 0 bridgehead atoms. The van der Waals surface area contributed by atoms with Gasteiger partial charge in [0.2, 0.25) is 5.82 Å². The smallest absolute Gasteiger partial charge is 0.208 e. The largest absolute Gasteiger partial charge is 0.383 e. The highest BCUT2D eigenvalue weighted by Crippen LogP contribution is 2.32. The Morgan fingerprint density at radius 2 is 2.14 bits per heavy atom. The molecule has 1 saturated heterocycles. The summed E-state index contributed by atoms with van der Waals surface area (Å²) in [5.74, 6) is 0.475. The van der Waals surface area contributed by atoms with E-state index < -0.39 is 5.82 Å². The molecule has 0 amide bonds. The van der Waals surface area contributed by atoms with Gasteiger partial charge in [0.1, 0.15) is 11.5 Å². The highest BCUT2D eigenvalue weighted by atomic mass is 19.1. The minimum Gasteiger partial charge on any atom is -0.383 e. The predicted octanol–water partition coefficient (Wildman–Crippen LogP) is 2.83. The Balaban J connectivity index is 1.79. The number of anilines is 3. The van der Waals surface area contributed by atoms with E-state index >= 15 is 4.39 Å². The molecule has 4 rings (SSSR count). The molecule has 8 nitrogen and oxygen atoms in total. The lowest BCUT2D eigenvalue weighted by Gasteiger charge is -2.26. The Bertz CT molecular complexity index is 926. The molecular weight excluding hydrogens is 361 g/mol. The summed E-state index contributed by atoms with van der Waals surface area (Å²) in [5.41, 5.74) is 0.563. The molecule has 1 aliphatic heterocycles. The number of hydrogen-bond acceptors (Lipinski definition) is 8. The summed E-state index contributed by atoms with van der Waals surface area (Å²) in [4.78, 5) is 23.2. The number of hydrogen-bond donors (Lipinski definition) is 1. The van der Waals surface area contributed by atoms with Gasteiger partial charge in [0.15, 0.2) is 17.5 Å². The van der Waals surface area contributed by atoms with Gasteiger partial charge in [0.05, 0.1) is 18.8 Å². The van der Waals surface area contributed by atoms with Crippen LogP contribution >= 0.6 is 0 Å². The van der Waals surface area contributed by atoms with Gasteiger partial charge in [-0.3, -0.25) is 9.97 Å². The van der Waals surface area contributed by atoms with Crippen molar-refractivity contribution in [3.63, 3.8) is 0 Å². The fourth-order valence-corrected chi connectivity index (χ4v) is 3.28. The molecule has 1 N–H and O–H groups in total. The summed E-state index contributed by atoms with van der Waals surface area (Å²) in [5, 5.41) is 2.91. The average molecular weight is 381 g/mol. The Morgan fingerprint density at radius 3 is 2.89 bits per heavy atom. The zero-order chi connectivity index (χ0) is 19.3. The second-order valence-corrected chi connectivity index (χ2v) is 6.41. The van der Waals surface area contributed by atoms with Crippen LogP contribution in [0.3, 0.4) is 0 Å². The topological polar surface area (TPSA) is 89.0 Å². The van der Waals surface area contributed by atoms with Crippen LogP contribution in [-0.4, -0.2) is 51.2 Å². The van der Waals surface area contributed by atoms with Gasteiger partial charge in [0, 0.05) is 32.2 Å². The summed E-state index contributed by atoms with van der Waals surface area (Å²) >= 11 is 0. The lowest BCUT2D eigenvalue weighted by Crippen LogP contribution is -2.34. The fourth-order valence-electron chi connectivity index (χ4n) is 3.28. The van der Waals surface area contributed by atoms with Crippen molar-refractivity contribution in [2.75, 3.05) is 30.5 Å². The normalized spacial score (nSPS) is 16.4. The monoisotopic (exact) mass is 381 g/mol. The maximum absolute atomic E-state index is 15.4. The predicted molar refractivity (Wildman–Crippen MR) is 103 cm³/mol. The van der Waals surface area contributed by atoms with E-state index in [9.17, 15) is 0 Å². The molecular formula is C19H20FN7O. The first kappa shape index (κ1) is 18.2. The third-order valence-corrected chi connectivity index (χ3v) is 4.55. The van der Waals surface area contributed by atoms with Crippen LogP contribution in [0.15, 0.2) is 43.0 Å². The standard InChI is InChI=1S/C19H20FN7O/c1-28-12-13-5-4-10-27(13)19-16(20)18(24-15-11-21-8-9-23-15)25-17(26-19)14-6-2-3-7-22-14/h2-3,6-9,11,13H,4-5,10,12H2,1H3,(H,23,24,25,26). The lowest BCUT2D eigenvalue weighted by atomic mass is 10.2. The van der Waals surface area contributed by atoms with Crippen molar-refractivity contribution >= 4 is 17.5 Å². The number of nitrogens with zero attached hydrogens (tertiary/aromatic N) is 6. The summed E-state index contributed by atoms with van der Waals surface area (Å²) in [6, 6.07) is 5.51. The molecule has 1 atom stereocenters. The first-order valence-electron chi connectivity index (χ1n) is 9.04. The van der Waals surface area contributed by atoms with Crippen molar-refractivity contribution in [2.45, 2.75) is 18.9 Å².